The SMILES string of the molecule is CCCCCCCCC(=O)O[C@H](COC(=O)CCCCCCCCCCCCCCNC(C)=O)COP(=O)(O)O. The van der Waals surface area contributed by atoms with Crippen molar-refractivity contribution in [3.63, 3.8) is 0 Å². The average molecular weight is 594 g/mol. The van der Waals surface area contributed by atoms with Gasteiger partial charge in [0.15, 0.2) is 6.10 Å². The fraction of sp³-hybridized carbons (Fsp3) is 0.897. The van der Waals surface area contributed by atoms with Gasteiger partial charge in [-0.2, -0.15) is 0 Å². The molecule has 0 unspecified atom stereocenters. The van der Waals surface area contributed by atoms with E-state index in [4.69, 9.17) is 19.3 Å². The molecule has 0 aliphatic heterocycles. The highest BCUT2D eigenvalue weighted by Gasteiger charge is 2.22. The fourth-order valence-corrected chi connectivity index (χ4v) is 4.64. The molecule has 0 fully saturated rings. The summed E-state index contributed by atoms with van der Waals surface area (Å²) in [5, 5.41) is 2.82. The molecular formula is C29H56NO9P. The van der Waals surface area contributed by atoms with Crippen LogP contribution in [0.5, 0.6) is 0 Å². The molecule has 11 heteroatoms. The number of nitrogens with one attached hydrogen (secondary N) is 1. The van der Waals surface area contributed by atoms with Crippen LogP contribution < -0.4 is 5.32 Å². The van der Waals surface area contributed by atoms with Crippen molar-refractivity contribution in [3.05, 3.63) is 0 Å². The maximum atomic E-state index is 12.1. The van der Waals surface area contributed by atoms with Crippen LogP contribution in [0.4, 0.5) is 0 Å². The summed E-state index contributed by atoms with van der Waals surface area (Å²) < 4.78 is 26.0. The van der Waals surface area contributed by atoms with Crippen LogP contribution in [0.2, 0.25) is 0 Å². The summed E-state index contributed by atoms with van der Waals surface area (Å²) in [6.07, 6.45) is 18.9. The van der Waals surface area contributed by atoms with E-state index >= 15 is 0 Å². The fourth-order valence-electron chi connectivity index (χ4n) is 4.28. The van der Waals surface area contributed by atoms with Gasteiger partial charge in [0.05, 0.1) is 6.61 Å². The zero-order valence-electron chi connectivity index (χ0n) is 25.0. The Morgan fingerprint density at radius 3 is 1.60 bits per heavy atom. The molecule has 10 nitrogen and oxygen atoms in total. The van der Waals surface area contributed by atoms with E-state index < -0.39 is 32.5 Å². The maximum absolute atomic E-state index is 12.1. The minimum atomic E-state index is -4.74. The van der Waals surface area contributed by atoms with Gasteiger partial charge in [-0.1, -0.05) is 103 Å². The number of carbonyl (C=O) groups is 3. The molecule has 236 valence electrons. The van der Waals surface area contributed by atoms with Crippen LogP contribution in [0.1, 0.15) is 142 Å². The molecule has 0 aliphatic carbocycles. The first-order valence-electron chi connectivity index (χ1n) is 15.4. The van der Waals surface area contributed by atoms with E-state index in [1.165, 1.54) is 44.9 Å². The summed E-state index contributed by atoms with van der Waals surface area (Å²) in [5.41, 5.74) is 0. The van der Waals surface area contributed by atoms with Crippen molar-refractivity contribution in [2.45, 2.75) is 148 Å². The standard InChI is InChI=1S/C29H56NO9P/c1-3-4-5-6-15-19-22-29(33)39-27(25-38-40(34,35)36)24-37-28(32)21-18-16-13-11-9-7-8-10-12-14-17-20-23-30-26(2)31/h27H,3-25H2,1-2H3,(H,30,31)(H2,34,35,36)/t27-/m1/s1. The van der Waals surface area contributed by atoms with Crippen LogP contribution in [0.3, 0.4) is 0 Å². The zero-order chi connectivity index (χ0) is 29.9. The van der Waals surface area contributed by atoms with E-state index in [-0.39, 0.29) is 25.4 Å². The smallest absolute Gasteiger partial charge is 0.462 e. The van der Waals surface area contributed by atoms with Crippen molar-refractivity contribution in [1.29, 1.82) is 0 Å². The molecule has 0 rings (SSSR count). The van der Waals surface area contributed by atoms with Gasteiger partial charge < -0.3 is 24.6 Å². The van der Waals surface area contributed by atoms with Gasteiger partial charge in [0.1, 0.15) is 6.61 Å². The molecule has 0 aromatic heterocycles. The number of esters is 2. The molecule has 0 saturated heterocycles. The average Bonchev–Trinajstić information content (AvgIpc) is 2.89. The van der Waals surface area contributed by atoms with E-state index in [0.29, 0.717) is 12.8 Å². The van der Waals surface area contributed by atoms with Crippen LogP contribution in [-0.2, 0) is 32.9 Å². The summed E-state index contributed by atoms with van der Waals surface area (Å²) in [4.78, 5) is 52.9. The van der Waals surface area contributed by atoms with Gasteiger partial charge in [0, 0.05) is 26.3 Å². The van der Waals surface area contributed by atoms with Crippen molar-refractivity contribution >= 4 is 25.7 Å². The molecule has 0 radical (unpaired) electrons. The third kappa shape index (κ3) is 29.5. The normalized spacial score (nSPS) is 12.2. The molecule has 0 aromatic rings. The Balaban J connectivity index is 3.88. The molecule has 3 N–H and O–H groups in total. The molecule has 0 spiro atoms. The molecular weight excluding hydrogens is 537 g/mol. The number of phosphoric acid groups is 1. The summed E-state index contributed by atoms with van der Waals surface area (Å²) in [6.45, 7) is 3.62. The van der Waals surface area contributed by atoms with E-state index in [2.05, 4.69) is 16.8 Å². The van der Waals surface area contributed by atoms with E-state index in [9.17, 15) is 18.9 Å². The summed E-state index contributed by atoms with van der Waals surface area (Å²) in [7, 11) is -4.74. The van der Waals surface area contributed by atoms with Crippen molar-refractivity contribution in [3.8, 4) is 0 Å². The van der Waals surface area contributed by atoms with Gasteiger partial charge in [0.2, 0.25) is 5.91 Å². The second kappa shape index (κ2) is 26.4. The molecule has 40 heavy (non-hydrogen) atoms. The maximum Gasteiger partial charge on any atom is 0.469 e. The third-order valence-electron chi connectivity index (χ3n) is 6.57. The second-order valence-corrected chi connectivity index (χ2v) is 11.8. The van der Waals surface area contributed by atoms with Crippen molar-refractivity contribution in [2.75, 3.05) is 19.8 Å². The molecule has 1 amide bonds. The largest absolute Gasteiger partial charge is 0.469 e. The molecule has 0 heterocycles. The number of hydrogen-bond donors (Lipinski definition) is 3. The third-order valence-corrected chi connectivity index (χ3v) is 7.06. The van der Waals surface area contributed by atoms with Gasteiger partial charge in [-0.3, -0.25) is 18.9 Å². The van der Waals surface area contributed by atoms with E-state index in [0.717, 1.165) is 64.3 Å². The summed E-state index contributed by atoms with van der Waals surface area (Å²) >= 11 is 0. The number of carbonyl (C=O) groups excluding carboxylic acids is 3. The van der Waals surface area contributed by atoms with Gasteiger partial charge in [-0.05, 0) is 19.3 Å². The molecule has 0 aliphatic rings. The monoisotopic (exact) mass is 593 g/mol. The quantitative estimate of drug-likeness (QED) is 0.0524. The Kier molecular flexibility index (Phi) is 25.4. The number of phosphoric ester groups is 1. The highest BCUT2D eigenvalue weighted by atomic mass is 31.2. The summed E-state index contributed by atoms with van der Waals surface area (Å²) in [6, 6.07) is 0. The lowest BCUT2D eigenvalue weighted by molar-refractivity contribution is -0.161. The zero-order valence-corrected chi connectivity index (χ0v) is 25.9. The van der Waals surface area contributed by atoms with Crippen LogP contribution in [0, 0.1) is 0 Å². The van der Waals surface area contributed by atoms with E-state index in [1.54, 1.807) is 6.92 Å². The van der Waals surface area contributed by atoms with Crippen molar-refractivity contribution in [2.24, 2.45) is 0 Å². The lowest BCUT2D eigenvalue weighted by Gasteiger charge is -2.18. The molecule has 0 saturated carbocycles. The number of hydrogen-bond acceptors (Lipinski definition) is 7. The van der Waals surface area contributed by atoms with Gasteiger partial charge in [-0.15, -0.1) is 0 Å². The van der Waals surface area contributed by atoms with Crippen molar-refractivity contribution in [1.82, 2.24) is 5.32 Å². The number of ether oxygens (including phenoxy) is 2. The van der Waals surface area contributed by atoms with Gasteiger partial charge >= 0.3 is 19.8 Å². The van der Waals surface area contributed by atoms with E-state index in [1.807, 2.05) is 0 Å². The highest BCUT2D eigenvalue weighted by molar-refractivity contribution is 7.46. The molecule has 1 atom stereocenters. The highest BCUT2D eigenvalue weighted by Crippen LogP contribution is 2.35. The first-order chi connectivity index (χ1) is 19.1. The predicted octanol–water partition coefficient (Wildman–Crippen LogP) is 6.51. The topological polar surface area (TPSA) is 148 Å². The number of unbranched alkanes of at least 4 members (excludes halogenated alkanes) is 16. The van der Waals surface area contributed by atoms with Gasteiger partial charge in [-0.25, -0.2) is 4.57 Å². The Hall–Kier alpha value is -1.48. The second-order valence-electron chi connectivity index (χ2n) is 10.6. The number of amides is 1. The lowest BCUT2D eigenvalue weighted by Crippen LogP contribution is -2.29. The van der Waals surface area contributed by atoms with Crippen LogP contribution >= 0.6 is 7.82 Å². The van der Waals surface area contributed by atoms with Crippen LogP contribution in [0.25, 0.3) is 0 Å². The Labute approximate surface area is 241 Å². The van der Waals surface area contributed by atoms with Crippen LogP contribution in [-0.4, -0.2) is 53.5 Å². The minimum Gasteiger partial charge on any atom is -0.462 e. The van der Waals surface area contributed by atoms with Gasteiger partial charge in [0.25, 0.3) is 0 Å². The first kappa shape index (κ1) is 38.5. The predicted molar refractivity (Wildman–Crippen MR) is 156 cm³/mol. The number of rotatable bonds is 28. The Bertz CT molecular complexity index is 699. The van der Waals surface area contributed by atoms with Crippen LogP contribution in [0.15, 0.2) is 0 Å². The Morgan fingerprint density at radius 1 is 0.675 bits per heavy atom. The lowest BCUT2D eigenvalue weighted by atomic mass is 10.0. The summed E-state index contributed by atoms with van der Waals surface area (Å²) in [5.74, 6) is -0.884. The minimum absolute atomic E-state index is 0.0376. The van der Waals surface area contributed by atoms with Crippen molar-refractivity contribution < 1.29 is 42.7 Å². The molecule has 0 aromatic carbocycles. The first-order valence-corrected chi connectivity index (χ1v) is 17.0. The molecule has 0 bridgehead atoms. The Morgan fingerprint density at radius 2 is 1.12 bits per heavy atom.